The summed E-state index contributed by atoms with van der Waals surface area (Å²) < 4.78 is 46.0. The van der Waals surface area contributed by atoms with Gasteiger partial charge in [0.2, 0.25) is 17.7 Å². The van der Waals surface area contributed by atoms with E-state index in [0.717, 1.165) is 81.2 Å². The number of hydrogen-bond acceptors (Lipinski definition) is 9. The number of nitrogens with one attached hydrogen (secondary N) is 2. The molecule has 1 spiro atoms. The molecule has 17 heteroatoms. The number of urea groups is 1. The number of primary amides is 1. The molecule has 4 aromatic carbocycles. The van der Waals surface area contributed by atoms with E-state index in [1.807, 2.05) is 49.0 Å². The van der Waals surface area contributed by atoms with Crippen molar-refractivity contribution in [1.29, 1.82) is 0 Å². The Morgan fingerprint density at radius 2 is 1.66 bits per heavy atom. The number of anilines is 1. The second-order valence-electron chi connectivity index (χ2n) is 21.5. The third-order valence-electron chi connectivity index (χ3n) is 17.7. The molecule has 6 aliphatic rings. The highest BCUT2D eigenvalue weighted by Crippen LogP contribution is 2.57. The first-order valence-electron chi connectivity index (χ1n) is 25.9. The largest absolute Gasteiger partial charge is 0.494 e. The maximum Gasteiger partial charge on any atom is 0.329 e. The van der Waals surface area contributed by atoms with Crippen LogP contribution in [-0.2, 0) is 22.2 Å². The second-order valence-corrected chi connectivity index (χ2v) is 21.9. The molecule has 73 heavy (non-hydrogen) atoms. The van der Waals surface area contributed by atoms with Gasteiger partial charge in [-0.3, -0.25) is 34.2 Å². The number of fused-ring (bicyclic) bond motifs is 2. The number of benzene rings is 4. The van der Waals surface area contributed by atoms with Gasteiger partial charge in [0, 0.05) is 111 Å². The molecular weight excluding hydrogens is 954 g/mol. The van der Waals surface area contributed by atoms with Crippen molar-refractivity contribution in [2.45, 2.75) is 107 Å². The van der Waals surface area contributed by atoms with Crippen LogP contribution in [0.4, 0.5) is 19.4 Å². The zero-order chi connectivity index (χ0) is 50.9. The molecule has 3 saturated heterocycles. The number of methoxy groups -OCH3 is 1. The second kappa shape index (κ2) is 19.3. The average molecular weight is 1020 g/mol. The van der Waals surface area contributed by atoms with Crippen LogP contribution in [0.5, 0.6) is 11.5 Å². The fraction of sp³-hybridized carbons (Fsp3) is 0.482. The molecule has 0 bridgehead atoms. The van der Waals surface area contributed by atoms with E-state index in [1.54, 1.807) is 4.90 Å². The maximum atomic E-state index is 16.3. The molecule has 4 aliphatic heterocycles. The van der Waals surface area contributed by atoms with Crippen LogP contribution in [0.2, 0.25) is 5.02 Å². The molecule has 2 atom stereocenters. The first-order chi connectivity index (χ1) is 35.2. The number of imide groups is 1. The van der Waals surface area contributed by atoms with E-state index >= 15 is 8.78 Å². The van der Waals surface area contributed by atoms with Gasteiger partial charge in [-0.1, -0.05) is 54.9 Å². The van der Waals surface area contributed by atoms with Gasteiger partial charge in [-0.25, -0.2) is 13.6 Å². The summed E-state index contributed by atoms with van der Waals surface area (Å²) in [6, 6.07) is 20.3. The van der Waals surface area contributed by atoms with Gasteiger partial charge in [0.1, 0.15) is 11.6 Å². The topological polar surface area (TPSA) is 164 Å². The number of aryl methyl sites for hydroxylation is 1. The normalized spacial score (nSPS) is 24.6. The van der Waals surface area contributed by atoms with Crippen molar-refractivity contribution in [2.75, 3.05) is 51.3 Å². The number of hydrogen-bond donors (Lipinski definition) is 3. The van der Waals surface area contributed by atoms with Crippen LogP contribution in [0.25, 0.3) is 22.0 Å². The van der Waals surface area contributed by atoms with Gasteiger partial charge in [-0.15, -0.1) is 0 Å². The number of piperidine rings is 1. The third-order valence-corrected chi connectivity index (χ3v) is 18.1. The fourth-order valence-electron chi connectivity index (χ4n) is 13.3. The van der Waals surface area contributed by atoms with Gasteiger partial charge in [-0.2, -0.15) is 5.10 Å². The Morgan fingerprint density at radius 1 is 0.932 bits per heavy atom. The van der Waals surface area contributed by atoms with Crippen LogP contribution in [0.1, 0.15) is 116 Å². The molecule has 1 aromatic heterocycles. The predicted molar refractivity (Wildman–Crippen MR) is 274 cm³/mol. The number of amides is 5. The quantitative estimate of drug-likeness (QED) is 0.117. The lowest BCUT2D eigenvalue weighted by molar-refractivity contribution is -0.139. The summed E-state index contributed by atoms with van der Waals surface area (Å²) >= 11 is 6.72. The minimum absolute atomic E-state index is 0.00500. The Kier molecular flexibility index (Phi) is 13.0. The van der Waals surface area contributed by atoms with E-state index in [1.165, 1.54) is 56.6 Å². The lowest BCUT2D eigenvalue weighted by atomic mass is 9.66. The third kappa shape index (κ3) is 8.70. The van der Waals surface area contributed by atoms with Crippen molar-refractivity contribution >= 4 is 52.1 Å². The summed E-state index contributed by atoms with van der Waals surface area (Å²) in [7, 11) is 3.21. The molecule has 4 N–H and O–H groups in total. The fourth-order valence-corrected chi connectivity index (χ4v) is 13.5. The summed E-state index contributed by atoms with van der Waals surface area (Å²) in [6.45, 7) is 6.29. The molecule has 0 radical (unpaired) electrons. The number of nitrogens with zero attached hydrogens (tertiary/aromatic N) is 5. The first kappa shape index (κ1) is 49.1. The van der Waals surface area contributed by atoms with Gasteiger partial charge in [0.25, 0.3) is 0 Å². The zero-order valence-corrected chi connectivity index (χ0v) is 42.4. The highest BCUT2D eigenvalue weighted by molar-refractivity contribution is 6.34. The van der Waals surface area contributed by atoms with E-state index in [2.05, 4.69) is 43.7 Å². The Hall–Kier alpha value is -6.10. The van der Waals surface area contributed by atoms with Gasteiger partial charge >= 0.3 is 6.03 Å². The van der Waals surface area contributed by atoms with Crippen LogP contribution < -0.4 is 30.7 Å². The zero-order valence-electron chi connectivity index (χ0n) is 41.7. The standard InChI is InChI=1S/C56H63ClF2N8O6/c1-32-46-44(28-41(58)49(57)48(46)47-40(51(60)69)15-16-43(72-3)50(47)59)73-56(32,36-7-5-4-6-8-36)31-61-37-12-9-33(10-13-37)53(70)65-25-22-55(23-26-65)20-17-38(18-21-55)66-29-35(30-66)34-11-14-39-42(27-34)64(2)63-52(39)67-24-19-45(68)62-54(67)71/h4-8,11,14-16,27-28,32-33,35,37-38,61H,9-10,12-13,17-26,29-31H2,1-3H3,(H2,60,69)(H,62,68,71)/t32-,33?,37?,56-/m0/s1. The monoisotopic (exact) mass is 1020 g/mol. The minimum Gasteiger partial charge on any atom is -0.494 e. The number of nitrogens with two attached hydrogens (primary N) is 1. The number of likely N-dealkylation sites (tertiary alicyclic amines) is 2. The Bertz CT molecular complexity index is 2990. The van der Waals surface area contributed by atoms with Crippen molar-refractivity contribution in [3.8, 4) is 22.6 Å². The molecule has 384 valence electrons. The summed E-state index contributed by atoms with van der Waals surface area (Å²) in [4.78, 5) is 57.4. The molecule has 5 heterocycles. The smallest absolute Gasteiger partial charge is 0.329 e. The van der Waals surface area contributed by atoms with Crippen LogP contribution in [-0.4, -0.2) is 102 Å². The highest BCUT2D eigenvalue weighted by atomic mass is 35.5. The Balaban J connectivity index is 0.678. The van der Waals surface area contributed by atoms with E-state index in [0.29, 0.717) is 41.8 Å². The number of halogens is 3. The summed E-state index contributed by atoms with van der Waals surface area (Å²) in [5.74, 6) is -2.02. The molecule has 5 amide bonds. The Labute approximate surface area is 428 Å². The molecule has 2 aliphatic carbocycles. The molecule has 5 fully saturated rings. The SMILES string of the molecule is COc1ccc(C(N)=O)c(-c2c(Cl)c(F)cc3c2[C@H](C)[C@@](CNC2CCC(C(=O)N4CCC5(CCC(N6CC(c7ccc8c(N9CCC(=O)NC9=O)nn(C)c8c7)C6)CC5)CC4)CC2)(c2ccccc2)O3)c1F. The van der Waals surface area contributed by atoms with Crippen LogP contribution in [0, 0.1) is 23.0 Å². The first-order valence-corrected chi connectivity index (χ1v) is 26.3. The van der Waals surface area contributed by atoms with Crippen molar-refractivity contribution in [3.63, 3.8) is 0 Å². The van der Waals surface area contributed by atoms with Gasteiger partial charge in [0.05, 0.1) is 23.2 Å². The summed E-state index contributed by atoms with van der Waals surface area (Å²) in [6.07, 6.45) is 10.3. The number of aromatic nitrogens is 2. The van der Waals surface area contributed by atoms with E-state index < -0.39 is 35.1 Å². The molecule has 14 nitrogen and oxygen atoms in total. The van der Waals surface area contributed by atoms with Gasteiger partial charge in [0.15, 0.2) is 23.0 Å². The Morgan fingerprint density at radius 3 is 2.34 bits per heavy atom. The van der Waals surface area contributed by atoms with Gasteiger partial charge < -0.3 is 25.4 Å². The van der Waals surface area contributed by atoms with Gasteiger partial charge in [-0.05, 0) is 105 Å². The predicted octanol–water partition coefficient (Wildman–Crippen LogP) is 8.92. The molecule has 2 saturated carbocycles. The molecule has 5 aromatic rings. The number of ether oxygens (including phenoxy) is 2. The van der Waals surface area contributed by atoms with Crippen molar-refractivity contribution in [1.82, 2.24) is 30.2 Å². The molecular formula is C56H63ClF2N8O6. The van der Waals surface area contributed by atoms with E-state index in [-0.39, 0.29) is 63.4 Å². The van der Waals surface area contributed by atoms with Crippen molar-refractivity contribution < 1.29 is 37.4 Å². The van der Waals surface area contributed by atoms with Crippen LogP contribution >= 0.6 is 11.6 Å². The molecule has 0 unspecified atom stereocenters. The van der Waals surface area contributed by atoms with Crippen LogP contribution in [0.3, 0.4) is 0 Å². The number of rotatable bonds is 11. The number of carbonyl (C=O) groups excluding carboxylic acids is 4. The lowest BCUT2D eigenvalue weighted by Crippen LogP contribution is -2.54. The molecule has 11 rings (SSSR count). The summed E-state index contributed by atoms with van der Waals surface area (Å²) in [5.41, 5.74) is 8.17. The van der Waals surface area contributed by atoms with E-state index in [4.69, 9.17) is 26.8 Å². The minimum atomic E-state index is -1.06. The van der Waals surface area contributed by atoms with Crippen molar-refractivity contribution in [2.24, 2.45) is 24.1 Å². The maximum absolute atomic E-state index is 16.3. The summed E-state index contributed by atoms with van der Waals surface area (Å²) in [5, 5.41) is 11.4. The van der Waals surface area contributed by atoms with Crippen LogP contribution in [0.15, 0.2) is 66.7 Å². The highest BCUT2D eigenvalue weighted by Gasteiger charge is 2.51. The lowest BCUT2D eigenvalue weighted by Gasteiger charge is -2.51. The van der Waals surface area contributed by atoms with E-state index in [9.17, 15) is 19.2 Å². The average Bonchev–Trinajstić information content (AvgIpc) is 3.86. The number of carbonyl (C=O) groups is 4. The van der Waals surface area contributed by atoms with Crippen molar-refractivity contribution in [3.05, 3.63) is 106 Å².